The molecule has 0 saturated heterocycles. The predicted molar refractivity (Wildman–Crippen MR) is 106 cm³/mol. The van der Waals surface area contributed by atoms with Crippen molar-refractivity contribution in [3.63, 3.8) is 0 Å². The van der Waals surface area contributed by atoms with E-state index in [1.807, 2.05) is 39.8 Å². The molecule has 1 aromatic heterocycles. The van der Waals surface area contributed by atoms with Crippen LogP contribution in [0, 0.1) is 0 Å². The highest BCUT2D eigenvalue weighted by molar-refractivity contribution is 5.46. The van der Waals surface area contributed by atoms with Gasteiger partial charge in [-0.1, -0.05) is 26.0 Å². The summed E-state index contributed by atoms with van der Waals surface area (Å²) in [5.41, 5.74) is 2.78. The van der Waals surface area contributed by atoms with Crippen LogP contribution in [0.15, 0.2) is 23.0 Å². The van der Waals surface area contributed by atoms with E-state index in [4.69, 9.17) is 9.47 Å². The van der Waals surface area contributed by atoms with Crippen molar-refractivity contribution in [3.8, 4) is 11.5 Å². The number of rotatable bonds is 7. The lowest BCUT2D eigenvalue weighted by Gasteiger charge is -2.28. The second-order valence-corrected chi connectivity index (χ2v) is 7.10. The summed E-state index contributed by atoms with van der Waals surface area (Å²) in [6.07, 6.45) is 0.786. The first-order chi connectivity index (χ1) is 13.0. The van der Waals surface area contributed by atoms with Gasteiger partial charge in [0.15, 0.2) is 11.5 Å². The SMILES string of the molecule is CCOc1cccc(CN2CCc3nc(C(C)C)[nH]c(=O)c3C2)c1OCC. The van der Waals surface area contributed by atoms with E-state index in [1.165, 1.54) is 0 Å². The number of hydrogen-bond acceptors (Lipinski definition) is 5. The number of benzene rings is 1. The lowest BCUT2D eigenvalue weighted by atomic mass is 10.0. The van der Waals surface area contributed by atoms with Crippen LogP contribution in [-0.4, -0.2) is 34.6 Å². The summed E-state index contributed by atoms with van der Waals surface area (Å²) in [4.78, 5) is 22.4. The zero-order chi connectivity index (χ0) is 19.4. The van der Waals surface area contributed by atoms with Crippen LogP contribution in [0.3, 0.4) is 0 Å². The van der Waals surface area contributed by atoms with Crippen molar-refractivity contribution < 1.29 is 9.47 Å². The molecule has 27 heavy (non-hydrogen) atoms. The molecule has 1 aliphatic rings. The minimum atomic E-state index is -0.0125. The number of ether oxygens (including phenoxy) is 2. The summed E-state index contributed by atoms with van der Waals surface area (Å²) < 4.78 is 11.6. The zero-order valence-corrected chi connectivity index (χ0v) is 16.7. The molecule has 1 aliphatic heterocycles. The summed E-state index contributed by atoms with van der Waals surface area (Å²) in [6.45, 7) is 11.4. The van der Waals surface area contributed by atoms with Crippen molar-refractivity contribution in [1.82, 2.24) is 14.9 Å². The third-order valence-electron chi connectivity index (χ3n) is 4.76. The van der Waals surface area contributed by atoms with Gasteiger partial charge in [0.1, 0.15) is 5.82 Å². The van der Waals surface area contributed by atoms with E-state index in [0.717, 1.165) is 47.1 Å². The molecule has 0 aliphatic carbocycles. The number of nitrogens with zero attached hydrogens (tertiary/aromatic N) is 2. The fraction of sp³-hybridized carbons (Fsp3) is 0.524. The summed E-state index contributed by atoms with van der Waals surface area (Å²) in [5, 5.41) is 0. The van der Waals surface area contributed by atoms with Crippen molar-refractivity contribution in [2.24, 2.45) is 0 Å². The lowest BCUT2D eigenvalue weighted by Crippen LogP contribution is -2.36. The van der Waals surface area contributed by atoms with Crippen LogP contribution in [0.2, 0.25) is 0 Å². The van der Waals surface area contributed by atoms with Gasteiger partial charge in [0.05, 0.1) is 24.5 Å². The maximum Gasteiger partial charge on any atom is 0.255 e. The molecule has 146 valence electrons. The van der Waals surface area contributed by atoms with Crippen LogP contribution in [0.1, 0.15) is 56.3 Å². The first kappa shape index (κ1) is 19.4. The summed E-state index contributed by atoms with van der Waals surface area (Å²) in [5.74, 6) is 2.57. The van der Waals surface area contributed by atoms with Crippen molar-refractivity contribution >= 4 is 0 Å². The Morgan fingerprint density at radius 1 is 1.22 bits per heavy atom. The number of H-pyrrole nitrogens is 1. The average molecular weight is 371 g/mol. The molecule has 1 N–H and O–H groups in total. The standard InChI is InChI=1S/C21H29N3O3/c1-5-26-18-9-7-8-15(19(18)27-6-2)12-24-11-10-17-16(13-24)21(25)23-20(22-17)14(3)4/h7-9,14H,5-6,10-13H2,1-4H3,(H,22,23,25). The Labute approximate surface area is 160 Å². The first-order valence-electron chi connectivity index (χ1n) is 9.75. The van der Waals surface area contributed by atoms with Crippen LogP contribution in [0.5, 0.6) is 11.5 Å². The molecule has 2 aromatic rings. The minimum absolute atomic E-state index is 0.0125. The predicted octanol–water partition coefficient (Wildman–Crippen LogP) is 3.25. The van der Waals surface area contributed by atoms with Gasteiger partial charge in [0.2, 0.25) is 0 Å². The molecule has 0 amide bonds. The normalized spacial score (nSPS) is 14.3. The van der Waals surface area contributed by atoms with E-state index < -0.39 is 0 Å². The van der Waals surface area contributed by atoms with E-state index >= 15 is 0 Å². The van der Waals surface area contributed by atoms with E-state index in [-0.39, 0.29) is 11.5 Å². The van der Waals surface area contributed by atoms with Crippen molar-refractivity contribution in [2.45, 2.75) is 53.1 Å². The van der Waals surface area contributed by atoms with Gasteiger partial charge in [0, 0.05) is 37.5 Å². The molecule has 0 bridgehead atoms. The Kier molecular flexibility index (Phi) is 6.16. The molecular formula is C21H29N3O3. The minimum Gasteiger partial charge on any atom is -0.490 e. The Morgan fingerprint density at radius 2 is 2.00 bits per heavy atom. The van der Waals surface area contributed by atoms with Gasteiger partial charge in [-0.2, -0.15) is 0 Å². The molecule has 0 radical (unpaired) electrons. The third-order valence-corrected chi connectivity index (χ3v) is 4.76. The van der Waals surface area contributed by atoms with Gasteiger partial charge < -0.3 is 14.5 Å². The van der Waals surface area contributed by atoms with E-state index in [0.29, 0.717) is 26.3 Å². The smallest absolute Gasteiger partial charge is 0.255 e. The van der Waals surface area contributed by atoms with Crippen LogP contribution in [0.25, 0.3) is 0 Å². The van der Waals surface area contributed by atoms with Crippen molar-refractivity contribution in [3.05, 3.63) is 51.2 Å². The molecule has 0 spiro atoms. The second-order valence-electron chi connectivity index (χ2n) is 7.10. The maximum atomic E-state index is 12.5. The fourth-order valence-electron chi connectivity index (χ4n) is 3.41. The number of aromatic amines is 1. The van der Waals surface area contributed by atoms with Crippen LogP contribution in [0.4, 0.5) is 0 Å². The van der Waals surface area contributed by atoms with E-state index in [2.05, 4.69) is 20.9 Å². The molecule has 6 heteroatoms. The summed E-state index contributed by atoms with van der Waals surface area (Å²) >= 11 is 0. The molecule has 0 atom stereocenters. The molecule has 0 saturated carbocycles. The Balaban J connectivity index is 1.83. The van der Waals surface area contributed by atoms with Gasteiger partial charge in [-0.25, -0.2) is 4.98 Å². The quantitative estimate of drug-likeness (QED) is 0.809. The number of aromatic nitrogens is 2. The van der Waals surface area contributed by atoms with Crippen molar-refractivity contribution in [1.29, 1.82) is 0 Å². The monoisotopic (exact) mass is 371 g/mol. The molecular weight excluding hydrogens is 342 g/mol. The van der Waals surface area contributed by atoms with E-state index in [9.17, 15) is 4.79 Å². The van der Waals surface area contributed by atoms with E-state index in [1.54, 1.807) is 0 Å². The topological polar surface area (TPSA) is 67.5 Å². The largest absolute Gasteiger partial charge is 0.490 e. The molecule has 0 unspecified atom stereocenters. The maximum absolute atomic E-state index is 12.5. The zero-order valence-electron chi connectivity index (χ0n) is 16.7. The number of para-hydroxylation sites is 1. The van der Waals surface area contributed by atoms with Gasteiger partial charge in [-0.3, -0.25) is 9.69 Å². The summed E-state index contributed by atoms with van der Waals surface area (Å²) in [7, 11) is 0. The second kappa shape index (κ2) is 8.57. The molecule has 2 heterocycles. The van der Waals surface area contributed by atoms with Gasteiger partial charge in [-0.15, -0.1) is 0 Å². The number of hydrogen-bond donors (Lipinski definition) is 1. The first-order valence-corrected chi connectivity index (χ1v) is 9.75. The molecule has 0 fully saturated rings. The van der Waals surface area contributed by atoms with Crippen LogP contribution < -0.4 is 15.0 Å². The van der Waals surface area contributed by atoms with Gasteiger partial charge >= 0.3 is 0 Å². The highest BCUT2D eigenvalue weighted by atomic mass is 16.5. The van der Waals surface area contributed by atoms with Crippen molar-refractivity contribution in [2.75, 3.05) is 19.8 Å². The Hall–Kier alpha value is -2.34. The highest BCUT2D eigenvalue weighted by Crippen LogP contribution is 2.33. The third kappa shape index (κ3) is 4.33. The Morgan fingerprint density at radius 3 is 2.70 bits per heavy atom. The highest BCUT2D eigenvalue weighted by Gasteiger charge is 2.23. The number of nitrogens with one attached hydrogen (secondary N) is 1. The summed E-state index contributed by atoms with van der Waals surface area (Å²) in [6, 6.07) is 5.99. The van der Waals surface area contributed by atoms with Crippen LogP contribution >= 0.6 is 0 Å². The lowest BCUT2D eigenvalue weighted by molar-refractivity contribution is 0.231. The molecule has 6 nitrogen and oxygen atoms in total. The Bertz CT molecular complexity index is 845. The molecule has 1 aromatic carbocycles. The van der Waals surface area contributed by atoms with Crippen LogP contribution in [-0.2, 0) is 19.5 Å². The number of fused-ring (bicyclic) bond motifs is 1. The molecule has 3 rings (SSSR count). The fourth-order valence-corrected chi connectivity index (χ4v) is 3.41. The van der Waals surface area contributed by atoms with Gasteiger partial charge in [0.25, 0.3) is 5.56 Å². The van der Waals surface area contributed by atoms with Gasteiger partial charge in [-0.05, 0) is 19.9 Å². The average Bonchev–Trinajstić information content (AvgIpc) is 2.65.